The van der Waals surface area contributed by atoms with Crippen molar-refractivity contribution in [3.05, 3.63) is 12.2 Å². The average molecular weight is 233 g/mol. The van der Waals surface area contributed by atoms with Gasteiger partial charge in [0.1, 0.15) is 0 Å². The van der Waals surface area contributed by atoms with Gasteiger partial charge in [0.25, 0.3) is 0 Å². The predicted octanol–water partition coefficient (Wildman–Crippen LogP) is 1.98. The monoisotopic (exact) mass is 233 g/mol. The molecule has 1 saturated heterocycles. The van der Waals surface area contributed by atoms with Crippen molar-refractivity contribution in [1.29, 1.82) is 0 Å². The molecule has 0 aromatic heterocycles. The van der Waals surface area contributed by atoms with Crippen LogP contribution < -0.4 is 0 Å². The van der Waals surface area contributed by atoms with Crippen LogP contribution in [0.25, 0.3) is 0 Å². The molecule has 2 aliphatic carbocycles. The standard InChI is InChI=1S/C14H19NO2/c1-4-14(2,3)15-12(16)10-8-5-6-9(7-8)11(10)13(15)17/h5-6,8-11H,4,7H2,1-3H3/t8-,9-,10+,11+/m0/s1. The van der Waals surface area contributed by atoms with Gasteiger partial charge in [-0.25, -0.2) is 0 Å². The maximum absolute atomic E-state index is 12.5. The Morgan fingerprint density at radius 2 is 1.65 bits per heavy atom. The van der Waals surface area contributed by atoms with E-state index in [-0.39, 0.29) is 29.2 Å². The first-order valence-corrected chi connectivity index (χ1v) is 6.53. The van der Waals surface area contributed by atoms with E-state index < -0.39 is 0 Å². The second-order valence-corrected chi connectivity index (χ2v) is 6.18. The molecular weight excluding hydrogens is 214 g/mol. The zero-order valence-corrected chi connectivity index (χ0v) is 10.6. The van der Waals surface area contributed by atoms with E-state index in [4.69, 9.17) is 0 Å². The molecule has 1 heterocycles. The number of fused-ring (bicyclic) bond motifs is 5. The van der Waals surface area contributed by atoms with Crippen LogP contribution in [0.15, 0.2) is 12.2 Å². The molecule has 3 aliphatic rings. The SMILES string of the molecule is CCC(C)(C)N1C(=O)[C@H]2[C@H](C1=O)[C@H]1C=C[C@H]2C1. The van der Waals surface area contributed by atoms with Crippen molar-refractivity contribution in [2.75, 3.05) is 0 Å². The second kappa shape index (κ2) is 3.21. The molecule has 1 saturated carbocycles. The van der Waals surface area contributed by atoms with Crippen molar-refractivity contribution < 1.29 is 9.59 Å². The smallest absolute Gasteiger partial charge is 0.234 e. The minimum atomic E-state index is -0.335. The van der Waals surface area contributed by atoms with Crippen molar-refractivity contribution in [3.63, 3.8) is 0 Å². The lowest BCUT2D eigenvalue weighted by Crippen LogP contribution is -2.48. The van der Waals surface area contributed by atoms with Gasteiger partial charge in [0, 0.05) is 5.54 Å². The normalized spacial score (nSPS) is 39.4. The van der Waals surface area contributed by atoms with Gasteiger partial charge in [0.2, 0.25) is 11.8 Å². The maximum Gasteiger partial charge on any atom is 0.234 e. The lowest BCUT2D eigenvalue weighted by Gasteiger charge is -2.34. The van der Waals surface area contributed by atoms with Gasteiger partial charge in [0.15, 0.2) is 0 Å². The van der Waals surface area contributed by atoms with E-state index >= 15 is 0 Å². The van der Waals surface area contributed by atoms with Crippen molar-refractivity contribution in [2.24, 2.45) is 23.7 Å². The van der Waals surface area contributed by atoms with Crippen LogP contribution in [0.5, 0.6) is 0 Å². The Morgan fingerprint density at radius 1 is 1.18 bits per heavy atom. The summed E-state index contributed by atoms with van der Waals surface area (Å²) in [7, 11) is 0. The van der Waals surface area contributed by atoms with E-state index in [1.165, 1.54) is 0 Å². The van der Waals surface area contributed by atoms with Crippen LogP contribution in [0.2, 0.25) is 0 Å². The first-order chi connectivity index (χ1) is 7.97. The summed E-state index contributed by atoms with van der Waals surface area (Å²) in [5.74, 6) is 0.678. The Morgan fingerprint density at radius 3 is 2.06 bits per heavy atom. The molecule has 0 radical (unpaired) electrons. The minimum absolute atomic E-state index is 0.0525. The summed E-state index contributed by atoms with van der Waals surface area (Å²) in [6.07, 6.45) is 6.10. The third-order valence-electron chi connectivity index (χ3n) is 4.94. The zero-order valence-electron chi connectivity index (χ0n) is 10.6. The fourth-order valence-electron chi connectivity index (χ4n) is 3.66. The van der Waals surface area contributed by atoms with Gasteiger partial charge in [0.05, 0.1) is 11.8 Å². The summed E-state index contributed by atoms with van der Waals surface area (Å²) >= 11 is 0. The number of hydrogen-bond acceptors (Lipinski definition) is 2. The largest absolute Gasteiger partial charge is 0.276 e. The second-order valence-electron chi connectivity index (χ2n) is 6.18. The quantitative estimate of drug-likeness (QED) is 0.540. The zero-order chi connectivity index (χ0) is 12.4. The van der Waals surface area contributed by atoms with E-state index in [2.05, 4.69) is 12.2 Å². The van der Waals surface area contributed by atoms with Crippen LogP contribution in [0.3, 0.4) is 0 Å². The van der Waals surface area contributed by atoms with Crippen molar-refractivity contribution in [3.8, 4) is 0 Å². The van der Waals surface area contributed by atoms with E-state index in [1.54, 1.807) is 4.90 Å². The number of nitrogens with zero attached hydrogens (tertiary/aromatic N) is 1. The predicted molar refractivity (Wildman–Crippen MR) is 63.9 cm³/mol. The molecule has 1 aliphatic heterocycles. The molecule has 3 nitrogen and oxygen atoms in total. The molecule has 2 amide bonds. The Labute approximate surface area is 102 Å². The molecule has 0 unspecified atom stereocenters. The highest BCUT2D eigenvalue weighted by Crippen LogP contribution is 2.53. The molecule has 2 fully saturated rings. The summed E-state index contributed by atoms with van der Waals surface area (Å²) in [4.78, 5) is 26.5. The van der Waals surface area contributed by atoms with Gasteiger partial charge in [-0.2, -0.15) is 0 Å². The summed E-state index contributed by atoms with van der Waals surface area (Å²) in [5, 5.41) is 0. The lowest BCUT2D eigenvalue weighted by atomic mass is 9.85. The molecule has 0 N–H and O–H groups in total. The van der Waals surface area contributed by atoms with Crippen molar-refractivity contribution in [1.82, 2.24) is 4.90 Å². The lowest BCUT2D eigenvalue weighted by molar-refractivity contribution is -0.147. The van der Waals surface area contributed by atoms with Crippen molar-refractivity contribution >= 4 is 11.8 Å². The highest BCUT2D eigenvalue weighted by molar-refractivity contribution is 6.07. The van der Waals surface area contributed by atoms with Crippen molar-refractivity contribution in [2.45, 2.75) is 39.2 Å². The van der Waals surface area contributed by atoms with Crippen LogP contribution >= 0.6 is 0 Å². The van der Waals surface area contributed by atoms with E-state index in [1.807, 2.05) is 20.8 Å². The first kappa shape index (κ1) is 11.0. The summed E-state index contributed by atoms with van der Waals surface area (Å²) in [6.45, 7) is 6.00. The number of rotatable bonds is 2. The van der Waals surface area contributed by atoms with E-state index in [9.17, 15) is 9.59 Å². The average Bonchev–Trinajstić information content (AvgIpc) is 2.92. The molecule has 2 bridgehead atoms. The molecule has 0 spiro atoms. The highest BCUT2D eigenvalue weighted by Gasteiger charge is 2.61. The Bertz CT molecular complexity index is 394. The van der Waals surface area contributed by atoms with Gasteiger partial charge in [-0.05, 0) is 38.5 Å². The third kappa shape index (κ3) is 1.23. The number of allylic oxidation sites excluding steroid dienone is 2. The van der Waals surface area contributed by atoms with Gasteiger partial charge in [-0.1, -0.05) is 19.1 Å². The topological polar surface area (TPSA) is 37.4 Å². The van der Waals surface area contributed by atoms with Gasteiger partial charge < -0.3 is 0 Å². The van der Waals surface area contributed by atoms with E-state index in [0.29, 0.717) is 11.8 Å². The minimum Gasteiger partial charge on any atom is -0.276 e. The number of carbonyl (C=O) groups is 2. The number of amides is 2. The van der Waals surface area contributed by atoms with Crippen LogP contribution in [-0.4, -0.2) is 22.3 Å². The Kier molecular flexibility index (Phi) is 2.08. The number of imide groups is 1. The van der Waals surface area contributed by atoms with Crippen LogP contribution in [-0.2, 0) is 9.59 Å². The molecule has 4 atom stereocenters. The number of carbonyl (C=O) groups excluding carboxylic acids is 2. The molecule has 3 rings (SSSR count). The Balaban J connectivity index is 1.98. The molecule has 0 aromatic rings. The van der Waals surface area contributed by atoms with Gasteiger partial charge in [-0.3, -0.25) is 14.5 Å². The van der Waals surface area contributed by atoms with Crippen LogP contribution in [0.4, 0.5) is 0 Å². The van der Waals surface area contributed by atoms with Crippen LogP contribution in [0, 0.1) is 23.7 Å². The molecule has 0 aromatic carbocycles. The fourth-order valence-corrected chi connectivity index (χ4v) is 3.66. The number of likely N-dealkylation sites (tertiary alicyclic amines) is 1. The molecular formula is C14H19NO2. The first-order valence-electron chi connectivity index (χ1n) is 6.53. The highest BCUT2D eigenvalue weighted by atomic mass is 16.2. The summed E-state index contributed by atoms with van der Waals surface area (Å²) in [6, 6.07) is 0. The summed E-state index contributed by atoms with van der Waals surface area (Å²) < 4.78 is 0. The summed E-state index contributed by atoms with van der Waals surface area (Å²) in [5.41, 5.74) is -0.335. The van der Waals surface area contributed by atoms with E-state index in [0.717, 1.165) is 12.8 Å². The van der Waals surface area contributed by atoms with Crippen LogP contribution in [0.1, 0.15) is 33.6 Å². The molecule has 92 valence electrons. The van der Waals surface area contributed by atoms with Gasteiger partial charge >= 0.3 is 0 Å². The Hall–Kier alpha value is -1.12. The van der Waals surface area contributed by atoms with Gasteiger partial charge in [-0.15, -0.1) is 0 Å². The molecule has 3 heteroatoms. The maximum atomic E-state index is 12.5. The molecule has 17 heavy (non-hydrogen) atoms. The third-order valence-corrected chi connectivity index (χ3v) is 4.94. The number of hydrogen-bond donors (Lipinski definition) is 0. The fraction of sp³-hybridized carbons (Fsp3) is 0.714.